The number of rotatable bonds is 4. The normalized spacial score (nSPS) is 23.2. The topological polar surface area (TPSA) is 75.7 Å². The van der Waals surface area contributed by atoms with Crippen molar-refractivity contribution in [2.45, 2.75) is 45.1 Å². The first-order chi connectivity index (χ1) is 11.5. The van der Waals surface area contributed by atoms with Gasteiger partial charge in [0, 0.05) is 18.8 Å². The molecular weight excluding hydrogens is 328 g/mol. The van der Waals surface area contributed by atoms with Crippen LogP contribution in [0.3, 0.4) is 0 Å². The van der Waals surface area contributed by atoms with Gasteiger partial charge in [0.2, 0.25) is 15.9 Å². The van der Waals surface area contributed by atoms with Gasteiger partial charge in [-0.1, -0.05) is 6.07 Å². The molecule has 132 valence electrons. The molecule has 1 unspecified atom stereocenters. The van der Waals surface area contributed by atoms with E-state index in [1.165, 1.54) is 4.31 Å². The number of nitrogens with zero attached hydrogens (tertiary/aromatic N) is 1. The summed E-state index contributed by atoms with van der Waals surface area (Å²) in [7, 11) is -3.23. The van der Waals surface area contributed by atoms with Crippen LogP contribution in [0.2, 0.25) is 0 Å². The average Bonchev–Trinajstić information content (AvgIpc) is 2.89. The molecular formula is C17H24N2O4S. The minimum atomic E-state index is -3.23. The average molecular weight is 352 g/mol. The molecule has 2 aliphatic rings. The number of amides is 1. The van der Waals surface area contributed by atoms with Gasteiger partial charge in [-0.05, 0) is 50.3 Å². The molecule has 2 heterocycles. The van der Waals surface area contributed by atoms with Gasteiger partial charge in [0.05, 0.1) is 24.0 Å². The highest BCUT2D eigenvalue weighted by molar-refractivity contribution is 7.93. The van der Waals surface area contributed by atoms with Crippen molar-refractivity contribution in [3.63, 3.8) is 0 Å². The lowest BCUT2D eigenvalue weighted by atomic mass is 10.1. The highest BCUT2D eigenvalue weighted by Crippen LogP contribution is 2.30. The maximum atomic E-state index is 12.2. The monoisotopic (exact) mass is 352 g/mol. The zero-order chi connectivity index (χ0) is 17.2. The summed E-state index contributed by atoms with van der Waals surface area (Å²) in [6.07, 6.45) is 4.03. The standard InChI is InChI=1S/C17H24N2O4S/c1-13-6-7-14(11-16(13)19-8-4-10-24(19,21)22)18-17(20)12-15-5-2-3-9-23-15/h6-7,11,15H,2-5,8-10,12H2,1H3,(H,18,20). The lowest BCUT2D eigenvalue weighted by Crippen LogP contribution is -2.27. The lowest BCUT2D eigenvalue weighted by Gasteiger charge is -2.22. The summed E-state index contributed by atoms with van der Waals surface area (Å²) in [6.45, 7) is 3.10. The second kappa shape index (κ2) is 7.11. The van der Waals surface area contributed by atoms with Crippen molar-refractivity contribution >= 4 is 27.3 Å². The van der Waals surface area contributed by atoms with Crippen LogP contribution in [-0.2, 0) is 19.6 Å². The minimum absolute atomic E-state index is 0.0115. The van der Waals surface area contributed by atoms with Gasteiger partial charge in [-0.2, -0.15) is 0 Å². The Morgan fingerprint density at radius 3 is 2.83 bits per heavy atom. The summed E-state index contributed by atoms with van der Waals surface area (Å²) in [5.74, 6) is 0.0863. The second-order valence-electron chi connectivity index (χ2n) is 6.48. The first kappa shape index (κ1) is 17.2. The van der Waals surface area contributed by atoms with E-state index in [1.54, 1.807) is 12.1 Å². The van der Waals surface area contributed by atoms with Gasteiger partial charge in [-0.3, -0.25) is 9.10 Å². The first-order valence-corrected chi connectivity index (χ1v) is 10.1. The van der Waals surface area contributed by atoms with E-state index in [4.69, 9.17) is 4.74 Å². The molecule has 1 N–H and O–H groups in total. The zero-order valence-electron chi connectivity index (χ0n) is 14.0. The molecule has 1 aromatic rings. The van der Waals surface area contributed by atoms with Crippen LogP contribution in [-0.4, -0.2) is 39.3 Å². The maximum Gasteiger partial charge on any atom is 0.235 e. The Kier molecular flexibility index (Phi) is 5.10. The Labute approximate surface area is 143 Å². The molecule has 2 fully saturated rings. The van der Waals surface area contributed by atoms with Crippen LogP contribution in [0.1, 0.15) is 37.7 Å². The molecule has 6 nitrogen and oxygen atoms in total. The van der Waals surface area contributed by atoms with Crippen LogP contribution in [0.15, 0.2) is 18.2 Å². The van der Waals surface area contributed by atoms with Crippen molar-refractivity contribution in [1.29, 1.82) is 0 Å². The van der Waals surface area contributed by atoms with Crippen LogP contribution in [0.25, 0.3) is 0 Å². The van der Waals surface area contributed by atoms with E-state index in [9.17, 15) is 13.2 Å². The molecule has 7 heteroatoms. The fourth-order valence-electron chi connectivity index (χ4n) is 3.25. The third-order valence-corrected chi connectivity index (χ3v) is 6.40. The highest BCUT2D eigenvalue weighted by Gasteiger charge is 2.29. The van der Waals surface area contributed by atoms with Crippen LogP contribution in [0, 0.1) is 6.92 Å². The van der Waals surface area contributed by atoms with Crippen molar-refractivity contribution < 1.29 is 17.9 Å². The van der Waals surface area contributed by atoms with Gasteiger partial charge >= 0.3 is 0 Å². The van der Waals surface area contributed by atoms with E-state index in [0.717, 1.165) is 31.4 Å². The molecule has 1 aromatic carbocycles. The van der Waals surface area contributed by atoms with Crippen LogP contribution >= 0.6 is 0 Å². The summed E-state index contributed by atoms with van der Waals surface area (Å²) < 4.78 is 31.3. The lowest BCUT2D eigenvalue weighted by molar-refractivity contribution is -0.119. The number of anilines is 2. The van der Waals surface area contributed by atoms with E-state index >= 15 is 0 Å². The summed E-state index contributed by atoms with van der Waals surface area (Å²) in [6, 6.07) is 5.40. The molecule has 3 rings (SSSR count). The number of hydrogen-bond donors (Lipinski definition) is 1. The smallest absolute Gasteiger partial charge is 0.235 e. The quantitative estimate of drug-likeness (QED) is 0.903. The van der Waals surface area contributed by atoms with E-state index in [0.29, 0.717) is 30.8 Å². The number of carbonyl (C=O) groups is 1. The zero-order valence-corrected chi connectivity index (χ0v) is 14.8. The molecule has 0 spiro atoms. The Morgan fingerprint density at radius 1 is 1.33 bits per heavy atom. The Hall–Kier alpha value is -1.60. The Balaban J connectivity index is 1.70. The Bertz CT molecular complexity index is 711. The summed E-state index contributed by atoms with van der Waals surface area (Å²) in [5.41, 5.74) is 2.16. The highest BCUT2D eigenvalue weighted by atomic mass is 32.2. The number of ether oxygens (including phenoxy) is 1. The van der Waals surface area contributed by atoms with E-state index in [2.05, 4.69) is 5.32 Å². The fraction of sp³-hybridized carbons (Fsp3) is 0.588. The molecule has 2 aliphatic heterocycles. The molecule has 1 amide bonds. The van der Waals surface area contributed by atoms with Crippen LogP contribution in [0.4, 0.5) is 11.4 Å². The van der Waals surface area contributed by atoms with Gasteiger partial charge in [0.25, 0.3) is 0 Å². The van der Waals surface area contributed by atoms with E-state index in [-0.39, 0.29) is 17.8 Å². The largest absolute Gasteiger partial charge is 0.378 e. The molecule has 0 aromatic heterocycles. The number of hydrogen-bond acceptors (Lipinski definition) is 4. The predicted molar refractivity (Wildman–Crippen MR) is 93.8 cm³/mol. The minimum Gasteiger partial charge on any atom is -0.378 e. The van der Waals surface area contributed by atoms with Crippen molar-refractivity contribution in [2.24, 2.45) is 0 Å². The first-order valence-electron chi connectivity index (χ1n) is 8.48. The number of carbonyl (C=O) groups excluding carboxylic acids is 1. The molecule has 0 saturated carbocycles. The van der Waals surface area contributed by atoms with Crippen molar-refractivity contribution in [3.8, 4) is 0 Å². The third kappa shape index (κ3) is 3.89. The number of nitrogens with one attached hydrogen (secondary N) is 1. The SMILES string of the molecule is Cc1ccc(NC(=O)CC2CCCCO2)cc1N1CCCS1(=O)=O. The predicted octanol–water partition coefficient (Wildman–Crippen LogP) is 2.43. The van der Waals surface area contributed by atoms with Crippen LogP contribution in [0.5, 0.6) is 0 Å². The van der Waals surface area contributed by atoms with Crippen molar-refractivity contribution in [3.05, 3.63) is 23.8 Å². The summed E-state index contributed by atoms with van der Waals surface area (Å²) >= 11 is 0. The summed E-state index contributed by atoms with van der Waals surface area (Å²) in [4.78, 5) is 12.2. The van der Waals surface area contributed by atoms with E-state index < -0.39 is 10.0 Å². The van der Waals surface area contributed by atoms with Gasteiger partial charge in [0.15, 0.2) is 0 Å². The molecule has 24 heavy (non-hydrogen) atoms. The number of sulfonamides is 1. The van der Waals surface area contributed by atoms with Gasteiger partial charge in [-0.25, -0.2) is 8.42 Å². The van der Waals surface area contributed by atoms with Crippen molar-refractivity contribution in [2.75, 3.05) is 28.5 Å². The van der Waals surface area contributed by atoms with Gasteiger partial charge in [-0.15, -0.1) is 0 Å². The molecule has 0 bridgehead atoms. The fourth-order valence-corrected chi connectivity index (χ4v) is 4.87. The second-order valence-corrected chi connectivity index (χ2v) is 8.50. The molecule has 0 aliphatic carbocycles. The van der Waals surface area contributed by atoms with E-state index in [1.807, 2.05) is 13.0 Å². The third-order valence-electron chi connectivity index (χ3n) is 4.55. The maximum absolute atomic E-state index is 12.2. The number of aryl methyl sites for hydroxylation is 1. The van der Waals surface area contributed by atoms with Crippen LogP contribution < -0.4 is 9.62 Å². The van der Waals surface area contributed by atoms with Gasteiger partial charge in [0.1, 0.15) is 0 Å². The molecule has 1 atom stereocenters. The number of benzene rings is 1. The molecule has 2 saturated heterocycles. The summed E-state index contributed by atoms with van der Waals surface area (Å²) in [5, 5.41) is 2.87. The molecule has 0 radical (unpaired) electrons. The van der Waals surface area contributed by atoms with Crippen molar-refractivity contribution in [1.82, 2.24) is 0 Å². The Morgan fingerprint density at radius 2 is 2.17 bits per heavy atom. The van der Waals surface area contributed by atoms with Gasteiger partial charge < -0.3 is 10.1 Å².